The number of ether oxygens (including phenoxy) is 6. The van der Waals surface area contributed by atoms with Crippen molar-refractivity contribution in [1.82, 2.24) is 0 Å². The molecule has 2 heterocycles. The standard InChI is InChI=1S/C22H36O14/c1-10(23)31-7-5-4-6-13-16(26)19(29)21(15(34-13)9-33-12(3)25)36-22-20(30)18(28)17(27)14(35-22)8-32-11(2)24/h13-22,26-30H,4-9H2,1-3H3. The molecule has 5 N–H and O–H groups in total. The SMILES string of the molecule is CC(=O)OCCCCC1OC(COC(C)=O)C(OC2OC(COC(C)=O)C(O)C(O)C2O)C(O)C1O. The van der Waals surface area contributed by atoms with Gasteiger partial charge in [-0.2, -0.15) is 0 Å². The molecule has 0 aromatic rings. The topological polar surface area (TPSA) is 208 Å². The Morgan fingerprint density at radius 3 is 1.78 bits per heavy atom. The normalized spacial score (nSPS) is 36.7. The second-order valence-corrected chi connectivity index (χ2v) is 8.75. The molecule has 2 aliphatic rings. The maximum Gasteiger partial charge on any atom is 0.302 e. The summed E-state index contributed by atoms with van der Waals surface area (Å²) < 4.78 is 31.7. The molecule has 0 aromatic carbocycles. The van der Waals surface area contributed by atoms with Gasteiger partial charge in [0.1, 0.15) is 62.0 Å². The van der Waals surface area contributed by atoms with Gasteiger partial charge >= 0.3 is 17.9 Å². The maximum atomic E-state index is 11.4. The van der Waals surface area contributed by atoms with E-state index in [4.69, 9.17) is 28.4 Å². The van der Waals surface area contributed by atoms with Crippen molar-refractivity contribution >= 4 is 17.9 Å². The molecule has 0 aromatic heterocycles. The molecule has 14 nitrogen and oxygen atoms in total. The second kappa shape index (κ2) is 14.1. The van der Waals surface area contributed by atoms with Gasteiger partial charge in [0.2, 0.25) is 0 Å². The van der Waals surface area contributed by atoms with Gasteiger partial charge in [0.15, 0.2) is 6.29 Å². The number of aliphatic hydroxyl groups excluding tert-OH is 5. The number of carbonyl (C=O) groups is 3. The molecule has 14 heteroatoms. The van der Waals surface area contributed by atoms with E-state index in [0.717, 1.165) is 6.92 Å². The molecule has 2 saturated heterocycles. The molecular formula is C22H36O14. The largest absolute Gasteiger partial charge is 0.466 e. The molecule has 36 heavy (non-hydrogen) atoms. The third-order valence-corrected chi connectivity index (χ3v) is 5.83. The molecule has 0 bridgehead atoms. The lowest BCUT2D eigenvalue weighted by Gasteiger charge is -2.46. The Morgan fingerprint density at radius 2 is 1.19 bits per heavy atom. The highest BCUT2D eigenvalue weighted by molar-refractivity contribution is 5.66. The van der Waals surface area contributed by atoms with Crippen LogP contribution in [0.2, 0.25) is 0 Å². The maximum absolute atomic E-state index is 11.4. The van der Waals surface area contributed by atoms with Crippen LogP contribution in [0.5, 0.6) is 0 Å². The van der Waals surface area contributed by atoms with Crippen LogP contribution < -0.4 is 0 Å². The highest BCUT2D eigenvalue weighted by Gasteiger charge is 2.50. The quantitative estimate of drug-likeness (QED) is 0.108. The molecule has 0 aliphatic carbocycles. The van der Waals surface area contributed by atoms with E-state index in [9.17, 15) is 39.9 Å². The van der Waals surface area contributed by atoms with Crippen LogP contribution in [0.1, 0.15) is 40.0 Å². The molecule has 2 aliphatic heterocycles. The van der Waals surface area contributed by atoms with Crippen LogP contribution in [-0.4, -0.2) is 124 Å². The lowest BCUT2D eigenvalue weighted by Crippen LogP contribution is -2.64. The second-order valence-electron chi connectivity index (χ2n) is 8.75. The van der Waals surface area contributed by atoms with Gasteiger partial charge in [-0.25, -0.2) is 0 Å². The van der Waals surface area contributed by atoms with Crippen molar-refractivity contribution in [2.45, 2.75) is 101 Å². The smallest absolute Gasteiger partial charge is 0.302 e. The summed E-state index contributed by atoms with van der Waals surface area (Å²) in [7, 11) is 0. The van der Waals surface area contributed by atoms with Crippen LogP contribution >= 0.6 is 0 Å². The van der Waals surface area contributed by atoms with Gasteiger partial charge in [-0.05, 0) is 19.3 Å². The molecule has 0 saturated carbocycles. The van der Waals surface area contributed by atoms with Crippen molar-refractivity contribution in [3.05, 3.63) is 0 Å². The van der Waals surface area contributed by atoms with E-state index < -0.39 is 85.7 Å². The van der Waals surface area contributed by atoms with Crippen molar-refractivity contribution in [3.8, 4) is 0 Å². The molecular weight excluding hydrogens is 488 g/mol. The van der Waals surface area contributed by atoms with Gasteiger partial charge in [0.05, 0.1) is 12.7 Å². The molecule has 2 fully saturated rings. The van der Waals surface area contributed by atoms with Crippen molar-refractivity contribution < 1.29 is 68.3 Å². The number of rotatable bonds is 11. The van der Waals surface area contributed by atoms with E-state index >= 15 is 0 Å². The van der Waals surface area contributed by atoms with E-state index in [-0.39, 0.29) is 19.6 Å². The third kappa shape index (κ3) is 8.59. The van der Waals surface area contributed by atoms with Crippen molar-refractivity contribution in [3.63, 3.8) is 0 Å². The molecule has 208 valence electrons. The van der Waals surface area contributed by atoms with Gasteiger partial charge in [-0.15, -0.1) is 0 Å². The summed E-state index contributed by atoms with van der Waals surface area (Å²) in [6, 6.07) is 0. The zero-order chi connectivity index (χ0) is 27.0. The van der Waals surface area contributed by atoms with Crippen LogP contribution in [-0.2, 0) is 42.8 Å². The first-order valence-corrected chi connectivity index (χ1v) is 11.7. The molecule has 0 radical (unpaired) electrons. The summed E-state index contributed by atoms with van der Waals surface area (Å²) >= 11 is 0. The summed E-state index contributed by atoms with van der Waals surface area (Å²) in [6.07, 6.45) is -13.1. The molecule has 10 unspecified atom stereocenters. The number of unbranched alkanes of at least 4 members (excludes halogenated alkanes) is 1. The van der Waals surface area contributed by atoms with Gasteiger partial charge in [-0.1, -0.05) is 0 Å². The first-order chi connectivity index (χ1) is 16.9. The summed E-state index contributed by atoms with van der Waals surface area (Å²) in [5.74, 6) is -1.71. The predicted octanol–water partition coefficient (Wildman–Crippen LogP) is -2.47. The lowest BCUT2D eigenvalue weighted by molar-refractivity contribution is -0.342. The van der Waals surface area contributed by atoms with E-state index in [2.05, 4.69) is 0 Å². The number of aliphatic hydroxyl groups is 5. The van der Waals surface area contributed by atoms with Crippen molar-refractivity contribution in [2.24, 2.45) is 0 Å². The first-order valence-electron chi connectivity index (χ1n) is 11.7. The lowest BCUT2D eigenvalue weighted by atomic mass is 9.92. The van der Waals surface area contributed by atoms with Crippen LogP contribution in [0.3, 0.4) is 0 Å². The minimum absolute atomic E-state index is 0.183. The van der Waals surface area contributed by atoms with Crippen molar-refractivity contribution in [1.29, 1.82) is 0 Å². The minimum atomic E-state index is -1.77. The summed E-state index contributed by atoms with van der Waals surface area (Å²) in [4.78, 5) is 33.4. The molecule has 0 spiro atoms. The fourth-order valence-electron chi connectivity index (χ4n) is 3.94. The van der Waals surface area contributed by atoms with Gasteiger partial charge < -0.3 is 54.0 Å². The highest BCUT2D eigenvalue weighted by atomic mass is 16.7. The van der Waals surface area contributed by atoms with Crippen LogP contribution in [0, 0.1) is 0 Å². The zero-order valence-electron chi connectivity index (χ0n) is 20.4. The monoisotopic (exact) mass is 524 g/mol. The van der Waals surface area contributed by atoms with Gasteiger partial charge in [0, 0.05) is 20.8 Å². The van der Waals surface area contributed by atoms with E-state index in [1.807, 2.05) is 0 Å². The zero-order valence-corrected chi connectivity index (χ0v) is 20.4. The first kappa shape index (κ1) is 30.3. The number of hydrogen-bond donors (Lipinski definition) is 5. The minimum Gasteiger partial charge on any atom is -0.466 e. The third-order valence-electron chi connectivity index (χ3n) is 5.83. The molecule has 2 rings (SSSR count). The van der Waals surface area contributed by atoms with Crippen LogP contribution in [0.4, 0.5) is 0 Å². The van der Waals surface area contributed by atoms with Crippen molar-refractivity contribution in [2.75, 3.05) is 19.8 Å². The predicted molar refractivity (Wildman–Crippen MR) is 116 cm³/mol. The fraction of sp³-hybridized carbons (Fsp3) is 0.864. The number of carbonyl (C=O) groups excluding carboxylic acids is 3. The molecule has 10 atom stereocenters. The summed E-state index contributed by atoms with van der Waals surface area (Å²) in [6.45, 7) is 2.97. The number of hydrogen-bond acceptors (Lipinski definition) is 14. The Bertz CT molecular complexity index is 732. The van der Waals surface area contributed by atoms with E-state index in [1.54, 1.807) is 0 Å². The Labute approximate surface area is 208 Å². The summed E-state index contributed by atoms with van der Waals surface area (Å²) in [5, 5.41) is 52.2. The van der Waals surface area contributed by atoms with Crippen LogP contribution in [0.15, 0.2) is 0 Å². The Hall–Kier alpha value is -1.91. The molecule has 0 amide bonds. The van der Waals surface area contributed by atoms with E-state index in [0.29, 0.717) is 12.8 Å². The van der Waals surface area contributed by atoms with E-state index in [1.165, 1.54) is 13.8 Å². The van der Waals surface area contributed by atoms with Crippen LogP contribution in [0.25, 0.3) is 0 Å². The number of esters is 3. The fourth-order valence-corrected chi connectivity index (χ4v) is 3.94. The Balaban J connectivity index is 2.10. The summed E-state index contributed by atoms with van der Waals surface area (Å²) in [5.41, 5.74) is 0. The average Bonchev–Trinajstić information content (AvgIpc) is 2.81. The Kier molecular flexibility index (Phi) is 11.9. The van der Waals surface area contributed by atoms with Gasteiger partial charge in [0.25, 0.3) is 0 Å². The van der Waals surface area contributed by atoms with Gasteiger partial charge in [-0.3, -0.25) is 14.4 Å². The Morgan fingerprint density at radius 1 is 0.639 bits per heavy atom. The average molecular weight is 525 g/mol. The highest BCUT2D eigenvalue weighted by Crippen LogP contribution is 2.31.